The monoisotopic (exact) mass is 519 g/mol. The van der Waals surface area contributed by atoms with Crippen LogP contribution in [0.2, 0.25) is 0 Å². The minimum Gasteiger partial charge on any atom is -0.389 e. The van der Waals surface area contributed by atoms with Crippen LogP contribution >= 0.6 is 11.3 Å². The summed E-state index contributed by atoms with van der Waals surface area (Å²) in [7, 11) is 4.18. The van der Waals surface area contributed by atoms with E-state index < -0.39 is 11.6 Å². The third-order valence-electron chi connectivity index (χ3n) is 8.14. The number of likely N-dealkylation sites (N-methyl/N-ethyl adjacent to an activating group) is 1. The molecule has 1 aliphatic carbocycles. The van der Waals surface area contributed by atoms with Gasteiger partial charge in [-0.05, 0) is 44.5 Å². The van der Waals surface area contributed by atoms with Gasteiger partial charge < -0.3 is 20.3 Å². The van der Waals surface area contributed by atoms with Crippen molar-refractivity contribution in [2.24, 2.45) is 0 Å². The number of nitrogens with two attached hydrogens (primary N) is 1. The summed E-state index contributed by atoms with van der Waals surface area (Å²) in [6.45, 7) is 1.25. The highest BCUT2D eigenvalue weighted by Crippen LogP contribution is 2.52. The summed E-state index contributed by atoms with van der Waals surface area (Å²) in [6, 6.07) is 2.44. The average molecular weight is 520 g/mol. The average Bonchev–Trinajstić information content (AvgIpc) is 3.21. The number of hydrogen-bond donors (Lipinski definition) is 1. The number of nitrogens with zero attached hydrogens (tertiary/aromatic N) is 6. The van der Waals surface area contributed by atoms with Gasteiger partial charge >= 0.3 is 0 Å². The Morgan fingerprint density at radius 2 is 2.00 bits per heavy atom. The van der Waals surface area contributed by atoms with Crippen molar-refractivity contribution < 1.29 is 13.5 Å². The van der Waals surface area contributed by atoms with Gasteiger partial charge in [0.05, 0.1) is 40.9 Å². The minimum atomic E-state index is -0.602. The number of rotatable bonds is 3. The highest BCUT2D eigenvalue weighted by Gasteiger charge is 2.59. The maximum atomic E-state index is 16.5. The number of anilines is 2. The highest BCUT2D eigenvalue weighted by molar-refractivity contribution is 7.23. The molecule has 2 fully saturated rings. The van der Waals surface area contributed by atoms with E-state index in [0.717, 1.165) is 48.9 Å². The number of halogens is 2. The van der Waals surface area contributed by atoms with Gasteiger partial charge in [-0.2, -0.15) is 5.26 Å². The largest absolute Gasteiger partial charge is 0.389 e. The van der Waals surface area contributed by atoms with Gasteiger partial charge in [-0.3, -0.25) is 4.98 Å². The van der Waals surface area contributed by atoms with Crippen LogP contribution in [0.4, 0.5) is 19.7 Å². The van der Waals surface area contributed by atoms with Crippen molar-refractivity contribution in [3.05, 3.63) is 40.7 Å². The molecule has 3 aliphatic rings. The molecule has 1 saturated heterocycles. The Morgan fingerprint density at radius 3 is 2.73 bits per heavy atom. The number of pyridine rings is 1. The molecule has 1 spiro atoms. The Bertz CT molecular complexity index is 1670. The molecule has 0 radical (unpaired) electrons. The van der Waals surface area contributed by atoms with E-state index in [2.05, 4.69) is 33.9 Å². The number of fused-ring (bicyclic) bond motifs is 4. The third-order valence-corrected chi connectivity index (χ3v) is 9.17. The summed E-state index contributed by atoms with van der Waals surface area (Å²) < 4.78 is 37.1. The fourth-order valence-corrected chi connectivity index (χ4v) is 7.28. The summed E-state index contributed by atoms with van der Waals surface area (Å²) >= 11 is 0.960. The summed E-state index contributed by atoms with van der Waals surface area (Å²) in [5.74, 6) is -0.673. The maximum Gasteiger partial charge on any atom is 0.226 e. The number of nitrogen functional groups attached to an aromatic ring is 1. The lowest BCUT2D eigenvalue weighted by Gasteiger charge is -2.31. The molecule has 11 heteroatoms. The summed E-state index contributed by atoms with van der Waals surface area (Å²) in [5, 5.41) is 10.7. The molecular formula is C26H23F2N7OS. The quantitative estimate of drug-likeness (QED) is 0.426. The van der Waals surface area contributed by atoms with Gasteiger partial charge in [0, 0.05) is 35.1 Å². The molecule has 7 rings (SSSR count). The number of nitriles is 1. The molecule has 1 unspecified atom stereocenters. The predicted molar refractivity (Wildman–Crippen MR) is 137 cm³/mol. The summed E-state index contributed by atoms with van der Waals surface area (Å²) in [4.78, 5) is 18.2. The van der Waals surface area contributed by atoms with E-state index >= 15 is 4.39 Å². The van der Waals surface area contributed by atoms with Crippen LogP contribution in [0.3, 0.4) is 0 Å². The van der Waals surface area contributed by atoms with Gasteiger partial charge in [-0.15, -0.1) is 11.3 Å². The topological polar surface area (TPSA) is 104 Å². The second kappa shape index (κ2) is 7.77. The maximum absolute atomic E-state index is 16.5. The SMILES string of the molecule is CN(C)C1CCN(c2ncc3c4c(c(-c5ncc(F)c6sc(N)c(C#N)c56)c(F)c3n2)COC4)C12CC2. The molecule has 8 nitrogen and oxygen atoms in total. The Kier molecular flexibility index (Phi) is 4.77. The van der Waals surface area contributed by atoms with Crippen molar-refractivity contribution in [2.75, 3.05) is 31.3 Å². The van der Waals surface area contributed by atoms with Gasteiger partial charge in [-0.1, -0.05) is 0 Å². The van der Waals surface area contributed by atoms with Crippen molar-refractivity contribution in [1.29, 1.82) is 5.26 Å². The number of hydrogen-bond acceptors (Lipinski definition) is 9. The molecule has 1 saturated carbocycles. The van der Waals surface area contributed by atoms with Crippen LogP contribution < -0.4 is 10.6 Å². The lowest BCUT2D eigenvalue weighted by molar-refractivity contribution is 0.135. The standard InChI is InChI=1S/C26H23F2N7OS/c1-34(2)17-3-6-35(26(17)4-5-26)25-32-8-13-14-10-36-11-15(14)18(20(28)21(13)33-25)22-19-12(7-29)24(30)37-23(19)16(27)9-31-22/h8-9,17H,3-6,10-11,30H2,1-2H3. The Balaban J connectivity index is 1.48. The zero-order valence-corrected chi connectivity index (χ0v) is 21.1. The first-order valence-electron chi connectivity index (χ1n) is 12.1. The van der Waals surface area contributed by atoms with Crippen molar-refractivity contribution in [3.8, 4) is 17.3 Å². The van der Waals surface area contributed by atoms with Crippen LogP contribution in [0.25, 0.3) is 32.2 Å². The van der Waals surface area contributed by atoms with Crippen LogP contribution in [0.1, 0.15) is 36.0 Å². The number of thiophene rings is 1. The predicted octanol–water partition coefficient (Wildman–Crippen LogP) is 4.34. The van der Waals surface area contributed by atoms with E-state index in [9.17, 15) is 9.65 Å². The third kappa shape index (κ3) is 3.00. The van der Waals surface area contributed by atoms with Crippen LogP contribution in [-0.2, 0) is 18.0 Å². The van der Waals surface area contributed by atoms with Crippen molar-refractivity contribution in [1.82, 2.24) is 19.9 Å². The van der Waals surface area contributed by atoms with E-state index in [0.29, 0.717) is 22.9 Å². The van der Waals surface area contributed by atoms with Gasteiger partial charge in [0.2, 0.25) is 5.95 Å². The van der Waals surface area contributed by atoms with Crippen molar-refractivity contribution in [2.45, 2.75) is 44.1 Å². The lowest BCUT2D eigenvalue weighted by atomic mass is 9.94. The molecule has 0 amide bonds. The fraction of sp³-hybridized carbons (Fsp3) is 0.385. The van der Waals surface area contributed by atoms with Crippen molar-refractivity contribution >= 4 is 43.3 Å². The Labute approximate surface area is 215 Å². The second-order valence-corrected chi connectivity index (χ2v) is 11.3. The molecule has 37 heavy (non-hydrogen) atoms. The van der Waals surface area contributed by atoms with E-state index in [1.54, 1.807) is 6.20 Å². The van der Waals surface area contributed by atoms with Gasteiger partial charge in [-0.25, -0.2) is 18.7 Å². The fourth-order valence-electron chi connectivity index (χ4n) is 6.36. The van der Waals surface area contributed by atoms with Crippen LogP contribution in [0, 0.1) is 23.0 Å². The Hall–Kier alpha value is -3.46. The van der Waals surface area contributed by atoms with Crippen LogP contribution in [0.15, 0.2) is 12.4 Å². The first-order chi connectivity index (χ1) is 17.9. The number of benzene rings is 1. The molecule has 188 valence electrons. The molecule has 1 aromatic carbocycles. The zero-order chi connectivity index (χ0) is 25.6. The van der Waals surface area contributed by atoms with E-state index in [4.69, 9.17) is 15.5 Å². The number of aromatic nitrogens is 3. The zero-order valence-electron chi connectivity index (χ0n) is 20.3. The molecule has 5 heterocycles. The number of ether oxygens (including phenoxy) is 1. The van der Waals surface area contributed by atoms with E-state index in [1.807, 2.05) is 6.07 Å². The summed E-state index contributed by atoms with van der Waals surface area (Å²) in [5.41, 5.74) is 8.04. The van der Waals surface area contributed by atoms with Crippen molar-refractivity contribution in [3.63, 3.8) is 0 Å². The van der Waals surface area contributed by atoms with Gasteiger partial charge in [0.1, 0.15) is 16.6 Å². The second-order valence-electron chi connectivity index (χ2n) is 10.2. The lowest BCUT2D eigenvalue weighted by Crippen LogP contribution is -2.44. The normalized spacial score (nSPS) is 19.9. The summed E-state index contributed by atoms with van der Waals surface area (Å²) in [6.07, 6.45) is 5.84. The highest BCUT2D eigenvalue weighted by atomic mass is 32.1. The molecule has 4 aromatic rings. The molecule has 2 N–H and O–H groups in total. The van der Waals surface area contributed by atoms with Gasteiger partial charge in [0.15, 0.2) is 11.6 Å². The minimum absolute atomic E-state index is 0.0170. The van der Waals surface area contributed by atoms with Crippen LogP contribution in [-0.4, -0.2) is 52.1 Å². The molecule has 1 atom stereocenters. The molecular weight excluding hydrogens is 496 g/mol. The first kappa shape index (κ1) is 22.7. The Morgan fingerprint density at radius 1 is 1.22 bits per heavy atom. The smallest absolute Gasteiger partial charge is 0.226 e. The van der Waals surface area contributed by atoms with Gasteiger partial charge in [0.25, 0.3) is 0 Å². The van der Waals surface area contributed by atoms with Crippen LogP contribution in [0.5, 0.6) is 0 Å². The van der Waals surface area contributed by atoms with E-state index in [1.165, 1.54) is 0 Å². The molecule has 0 bridgehead atoms. The molecule has 3 aromatic heterocycles. The van der Waals surface area contributed by atoms with E-state index in [-0.39, 0.29) is 56.2 Å². The first-order valence-corrected chi connectivity index (χ1v) is 13.0. The molecule has 2 aliphatic heterocycles.